The van der Waals surface area contributed by atoms with Crippen LogP contribution in [0.2, 0.25) is 0 Å². The summed E-state index contributed by atoms with van der Waals surface area (Å²) < 4.78 is 0. The number of hydrogen-bond donors (Lipinski definition) is 2. The summed E-state index contributed by atoms with van der Waals surface area (Å²) in [7, 11) is 0. The summed E-state index contributed by atoms with van der Waals surface area (Å²) in [5.74, 6) is 4.75. The number of rotatable bonds is 6. The van der Waals surface area contributed by atoms with Crippen molar-refractivity contribution in [1.82, 2.24) is 15.6 Å². The minimum absolute atomic E-state index is 0.408. The van der Waals surface area contributed by atoms with Gasteiger partial charge in [0.15, 0.2) is 6.19 Å². The second kappa shape index (κ2) is 8.47. The smallest absolute Gasteiger partial charge is 0.205 e. The molecule has 0 bridgehead atoms. The van der Waals surface area contributed by atoms with Gasteiger partial charge in [-0.05, 0) is 13.8 Å². The molecule has 1 aromatic heterocycles. The van der Waals surface area contributed by atoms with E-state index in [1.54, 1.807) is 29.3 Å². The SMILES string of the molecule is C#CC(C)(C)NC(=NCCSCc1nccs1)NC#N. The Morgan fingerprint density at radius 2 is 2.45 bits per heavy atom. The van der Waals surface area contributed by atoms with Gasteiger partial charge >= 0.3 is 0 Å². The lowest BCUT2D eigenvalue weighted by molar-refractivity contribution is 0.590. The molecule has 0 spiro atoms. The second-order valence-electron chi connectivity index (χ2n) is 4.34. The third-order valence-corrected chi connectivity index (χ3v) is 4.09. The zero-order valence-corrected chi connectivity index (χ0v) is 13.1. The maximum absolute atomic E-state index is 8.69. The maximum atomic E-state index is 8.69. The van der Waals surface area contributed by atoms with Crippen LogP contribution in [0, 0.1) is 23.8 Å². The van der Waals surface area contributed by atoms with Crippen molar-refractivity contribution in [2.24, 2.45) is 4.99 Å². The molecule has 0 saturated heterocycles. The molecule has 0 aliphatic rings. The first kappa shape index (κ1) is 16.4. The number of thiazole rings is 1. The molecule has 0 unspecified atom stereocenters. The second-order valence-corrected chi connectivity index (χ2v) is 6.42. The molecule has 5 nitrogen and oxygen atoms in total. The van der Waals surface area contributed by atoms with Crippen LogP contribution >= 0.6 is 23.1 Å². The fourth-order valence-corrected chi connectivity index (χ4v) is 2.74. The van der Waals surface area contributed by atoms with E-state index in [1.807, 2.05) is 25.4 Å². The third kappa shape index (κ3) is 6.46. The molecule has 0 aliphatic heterocycles. The van der Waals surface area contributed by atoms with Crippen LogP contribution in [0.3, 0.4) is 0 Å². The Kier molecular flexibility index (Phi) is 6.92. The maximum Gasteiger partial charge on any atom is 0.205 e. The molecule has 1 aromatic rings. The van der Waals surface area contributed by atoms with Crippen LogP contribution in [-0.4, -0.2) is 28.8 Å². The van der Waals surface area contributed by atoms with E-state index >= 15 is 0 Å². The lowest BCUT2D eigenvalue weighted by Gasteiger charge is -2.21. The number of hydrogen-bond acceptors (Lipinski definition) is 5. The number of guanidine groups is 1. The molecule has 2 N–H and O–H groups in total. The van der Waals surface area contributed by atoms with Gasteiger partial charge in [0.1, 0.15) is 5.01 Å². The Morgan fingerprint density at radius 1 is 1.65 bits per heavy atom. The normalized spacial score (nSPS) is 11.5. The number of aliphatic imine (C=N–C) groups is 1. The standard InChI is InChI=1S/C13H17N5S2/c1-4-13(2,3)18-12(17-10-14)16-5-7-19-9-11-15-6-8-20-11/h1,6,8H,5,7,9H2,2-3H3,(H2,16,17,18). The van der Waals surface area contributed by atoms with Gasteiger partial charge in [-0.25, -0.2) is 4.98 Å². The molecule has 0 saturated carbocycles. The van der Waals surface area contributed by atoms with E-state index in [4.69, 9.17) is 11.7 Å². The van der Waals surface area contributed by atoms with Crippen LogP contribution in [0.1, 0.15) is 18.9 Å². The predicted molar refractivity (Wildman–Crippen MR) is 85.4 cm³/mol. The highest BCUT2D eigenvalue weighted by Gasteiger charge is 2.15. The van der Waals surface area contributed by atoms with Crippen molar-refractivity contribution in [3.63, 3.8) is 0 Å². The van der Waals surface area contributed by atoms with E-state index in [0.29, 0.717) is 12.5 Å². The monoisotopic (exact) mass is 307 g/mol. The molecule has 0 radical (unpaired) electrons. The predicted octanol–water partition coefficient (Wildman–Crippen LogP) is 1.80. The summed E-state index contributed by atoms with van der Waals surface area (Å²) in [6.07, 6.45) is 9.05. The molecule has 106 valence electrons. The molecule has 0 atom stereocenters. The summed E-state index contributed by atoms with van der Waals surface area (Å²) in [6, 6.07) is 0. The zero-order valence-electron chi connectivity index (χ0n) is 11.5. The van der Waals surface area contributed by atoms with Crippen LogP contribution in [0.4, 0.5) is 0 Å². The highest BCUT2D eigenvalue weighted by atomic mass is 32.2. The molecule has 0 fully saturated rings. The highest BCUT2D eigenvalue weighted by Crippen LogP contribution is 2.13. The zero-order chi connectivity index (χ0) is 14.8. The number of nitrogens with one attached hydrogen (secondary N) is 2. The van der Waals surface area contributed by atoms with Gasteiger partial charge in [-0.15, -0.1) is 17.8 Å². The minimum atomic E-state index is -0.545. The van der Waals surface area contributed by atoms with Gasteiger partial charge in [-0.2, -0.15) is 17.0 Å². The molecule has 0 aliphatic carbocycles. The van der Waals surface area contributed by atoms with E-state index in [2.05, 4.69) is 26.5 Å². The topological polar surface area (TPSA) is 73.1 Å². The van der Waals surface area contributed by atoms with Gasteiger partial charge in [0.05, 0.1) is 12.1 Å². The van der Waals surface area contributed by atoms with Crippen LogP contribution in [0.15, 0.2) is 16.6 Å². The molecular formula is C13H17N5S2. The largest absolute Gasteiger partial charge is 0.340 e. The van der Waals surface area contributed by atoms with Crippen molar-refractivity contribution in [3.05, 3.63) is 16.6 Å². The van der Waals surface area contributed by atoms with E-state index in [9.17, 15) is 0 Å². The summed E-state index contributed by atoms with van der Waals surface area (Å²) in [4.78, 5) is 8.51. The van der Waals surface area contributed by atoms with Crippen molar-refractivity contribution >= 4 is 29.1 Å². The Labute approximate surface area is 127 Å². The van der Waals surface area contributed by atoms with E-state index in [1.165, 1.54) is 0 Å². The Bertz CT molecular complexity index is 508. The van der Waals surface area contributed by atoms with Crippen molar-refractivity contribution in [1.29, 1.82) is 5.26 Å². The Balaban J connectivity index is 2.36. The molecule has 7 heteroatoms. The molecule has 20 heavy (non-hydrogen) atoms. The van der Waals surface area contributed by atoms with Crippen LogP contribution < -0.4 is 10.6 Å². The summed E-state index contributed by atoms with van der Waals surface area (Å²) in [5.41, 5.74) is -0.545. The first-order valence-electron chi connectivity index (χ1n) is 5.99. The summed E-state index contributed by atoms with van der Waals surface area (Å²) in [5, 5.41) is 17.3. The average molecular weight is 307 g/mol. The molecular weight excluding hydrogens is 290 g/mol. The Hall–Kier alpha value is -1.70. The van der Waals surface area contributed by atoms with Crippen molar-refractivity contribution in [2.75, 3.05) is 12.3 Å². The first-order valence-corrected chi connectivity index (χ1v) is 8.02. The number of nitriles is 1. The lowest BCUT2D eigenvalue weighted by atomic mass is 10.1. The first-order chi connectivity index (χ1) is 9.57. The van der Waals surface area contributed by atoms with Gasteiger partial charge in [0.2, 0.25) is 5.96 Å². The quantitative estimate of drug-likeness (QED) is 0.209. The molecule has 0 amide bonds. The summed E-state index contributed by atoms with van der Waals surface area (Å²) in [6.45, 7) is 4.30. The third-order valence-electron chi connectivity index (χ3n) is 2.18. The van der Waals surface area contributed by atoms with Crippen molar-refractivity contribution in [2.45, 2.75) is 25.1 Å². The van der Waals surface area contributed by atoms with E-state index < -0.39 is 5.54 Å². The Morgan fingerprint density at radius 3 is 3.05 bits per heavy atom. The van der Waals surface area contributed by atoms with Crippen LogP contribution in [0.5, 0.6) is 0 Å². The minimum Gasteiger partial charge on any atom is -0.340 e. The van der Waals surface area contributed by atoms with Crippen molar-refractivity contribution in [3.8, 4) is 18.5 Å². The van der Waals surface area contributed by atoms with Gasteiger partial charge in [0.25, 0.3) is 0 Å². The van der Waals surface area contributed by atoms with Crippen LogP contribution in [0.25, 0.3) is 0 Å². The number of nitrogens with zero attached hydrogens (tertiary/aromatic N) is 3. The van der Waals surface area contributed by atoms with Gasteiger partial charge < -0.3 is 5.32 Å². The fourth-order valence-electron chi connectivity index (χ4n) is 1.20. The fraction of sp³-hybridized carbons (Fsp3) is 0.462. The van der Waals surface area contributed by atoms with Crippen molar-refractivity contribution < 1.29 is 0 Å². The highest BCUT2D eigenvalue weighted by molar-refractivity contribution is 7.98. The average Bonchev–Trinajstić information content (AvgIpc) is 2.91. The number of thioether (sulfide) groups is 1. The number of aromatic nitrogens is 1. The molecule has 1 heterocycles. The molecule has 1 rings (SSSR count). The van der Waals surface area contributed by atoms with Gasteiger partial charge in [0, 0.05) is 23.1 Å². The summed E-state index contributed by atoms with van der Waals surface area (Å²) >= 11 is 3.41. The van der Waals surface area contributed by atoms with Crippen LogP contribution in [-0.2, 0) is 5.75 Å². The van der Waals surface area contributed by atoms with Gasteiger partial charge in [-0.1, -0.05) is 5.92 Å². The lowest BCUT2D eigenvalue weighted by Crippen LogP contribution is -2.47. The van der Waals surface area contributed by atoms with E-state index in [0.717, 1.165) is 16.5 Å². The van der Waals surface area contributed by atoms with E-state index in [-0.39, 0.29) is 0 Å². The van der Waals surface area contributed by atoms with Gasteiger partial charge in [-0.3, -0.25) is 10.3 Å². The molecule has 0 aromatic carbocycles. The number of terminal acetylenes is 1.